The van der Waals surface area contributed by atoms with Crippen molar-refractivity contribution in [1.29, 1.82) is 0 Å². The average Bonchev–Trinajstić information content (AvgIpc) is 2.42. The molecule has 0 bridgehead atoms. The summed E-state index contributed by atoms with van der Waals surface area (Å²) in [7, 11) is 1.30. The maximum Gasteiger partial charge on any atom is 0.308 e. The fourth-order valence-electron chi connectivity index (χ4n) is 1.49. The van der Waals surface area contributed by atoms with E-state index >= 15 is 0 Å². The van der Waals surface area contributed by atoms with Gasteiger partial charge in [-0.05, 0) is 12.5 Å². The molecule has 0 saturated carbocycles. The molecule has 0 unspecified atom stereocenters. The molecule has 0 saturated heterocycles. The number of ether oxygens (including phenoxy) is 3. The lowest BCUT2D eigenvalue weighted by atomic mass is 10.1. The molecule has 1 aromatic carbocycles. The summed E-state index contributed by atoms with van der Waals surface area (Å²) in [6.45, 7) is 2.00. The predicted molar refractivity (Wildman–Crippen MR) is 69.3 cm³/mol. The average molecular weight is 268 g/mol. The Bertz CT molecular complexity index is 363. The zero-order valence-corrected chi connectivity index (χ0v) is 11.2. The molecule has 0 amide bonds. The largest absolute Gasteiger partial charge is 0.469 e. The standard InChI is InChI=1S/C14H20O5/c1-11(15)13(8-14(16)17-2)19-10-18-9-12-6-4-3-5-7-12/h3-7,11,13,15H,8-10H2,1-2H3/t11-,13+/m0/s1. The van der Waals surface area contributed by atoms with Gasteiger partial charge in [0.2, 0.25) is 0 Å². The van der Waals surface area contributed by atoms with E-state index in [0.29, 0.717) is 6.61 Å². The highest BCUT2D eigenvalue weighted by molar-refractivity contribution is 5.69. The smallest absolute Gasteiger partial charge is 0.308 e. The first kappa shape index (κ1) is 15.6. The van der Waals surface area contributed by atoms with Crippen LogP contribution in [0.4, 0.5) is 0 Å². The quantitative estimate of drug-likeness (QED) is 0.439. The van der Waals surface area contributed by atoms with Gasteiger partial charge in [-0.1, -0.05) is 30.3 Å². The van der Waals surface area contributed by atoms with E-state index in [-0.39, 0.29) is 13.2 Å². The summed E-state index contributed by atoms with van der Waals surface area (Å²) < 4.78 is 15.2. The third-order valence-electron chi connectivity index (χ3n) is 2.61. The van der Waals surface area contributed by atoms with Gasteiger partial charge in [0, 0.05) is 0 Å². The van der Waals surface area contributed by atoms with E-state index in [9.17, 15) is 9.90 Å². The van der Waals surface area contributed by atoms with Crippen LogP contribution < -0.4 is 0 Å². The van der Waals surface area contributed by atoms with E-state index in [0.717, 1.165) is 5.56 Å². The first-order valence-corrected chi connectivity index (χ1v) is 6.11. The second-order valence-electron chi connectivity index (χ2n) is 4.18. The van der Waals surface area contributed by atoms with Gasteiger partial charge in [-0.3, -0.25) is 4.79 Å². The van der Waals surface area contributed by atoms with E-state index in [1.54, 1.807) is 6.92 Å². The molecule has 5 heteroatoms. The molecule has 0 radical (unpaired) electrons. The SMILES string of the molecule is COC(=O)C[C@@H](OCOCc1ccccc1)[C@H](C)O. The van der Waals surface area contributed by atoms with E-state index in [1.165, 1.54) is 7.11 Å². The van der Waals surface area contributed by atoms with Crippen molar-refractivity contribution in [2.75, 3.05) is 13.9 Å². The van der Waals surface area contributed by atoms with Gasteiger partial charge in [-0.15, -0.1) is 0 Å². The van der Waals surface area contributed by atoms with Crippen LogP contribution in [0.1, 0.15) is 18.9 Å². The third-order valence-corrected chi connectivity index (χ3v) is 2.61. The Kier molecular flexibility index (Phi) is 7.10. The van der Waals surface area contributed by atoms with E-state index in [4.69, 9.17) is 9.47 Å². The first-order chi connectivity index (χ1) is 9.13. The Morgan fingerprint density at radius 3 is 2.58 bits per heavy atom. The molecule has 0 aliphatic carbocycles. The zero-order chi connectivity index (χ0) is 14.1. The molecule has 19 heavy (non-hydrogen) atoms. The molecule has 1 rings (SSSR count). The fourth-order valence-corrected chi connectivity index (χ4v) is 1.49. The summed E-state index contributed by atoms with van der Waals surface area (Å²) >= 11 is 0. The molecule has 2 atom stereocenters. The number of aliphatic hydroxyl groups excluding tert-OH is 1. The topological polar surface area (TPSA) is 65.0 Å². The number of hydrogen-bond acceptors (Lipinski definition) is 5. The van der Waals surface area contributed by atoms with Gasteiger partial charge in [-0.25, -0.2) is 0 Å². The number of carbonyl (C=O) groups is 1. The number of esters is 1. The molecule has 0 spiro atoms. The van der Waals surface area contributed by atoms with Gasteiger partial charge < -0.3 is 19.3 Å². The maximum atomic E-state index is 11.1. The van der Waals surface area contributed by atoms with Gasteiger partial charge in [0.15, 0.2) is 0 Å². The Morgan fingerprint density at radius 2 is 2.00 bits per heavy atom. The normalized spacial score (nSPS) is 13.8. The lowest BCUT2D eigenvalue weighted by Crippen LogP contribution is -2.30. The van der Waals surface area contributed by atoms with E-state index in [2.05, 4.69) is 4.74 Å². The lowest BCUT2D eigenvalue weighted by molar-refractivity contribution is -0.156. The molecule has 0 heterocycles. The van der Waals surface area contributed by atoms with Crippen molar-refractivity contribution in [3.05, 3.63) is 35.9 Å². The minimum atomic E-state index is -0.764. The van der Waals surface area contributed by atoms with Crippen molar-refractivity contribution >= 4 is 5.97 Å². The number of aliphatic hydroxyl groups is 1. The van der Waals surface area contributed by atoms with Crippen LogP contribution in [0.15, 0.2) is 30.3 Å². The summed E-state index contributed by atoms with van der Waals surface area (Å²) in [5.41, 5.74) is 1.03. The summed E-state index contributed by atoms with van der Waals surface area (Å²) in [6.07, 6.45) is -1.38. The highest BCUT2D eigenvalue weighted by Crippen LogP contribution is 2.07. The monoisotopic (exact) mass is 268 g/mol. The zero-order valence-electron chi connectivity index (χ0n) is 11.2. The number of methoxy groups -OCH3 is 1. The van der Waals surface area contributed by atoms with Gasteiger partial charge in [-0.2, -0.15) is 0 Å². The molecule has 5 nitrogen and oxygen atoms in total. The van der Waals surface area contributed by atoms with E-state index in [1.807, 2.05) is 30.3 Å². The Balaban J connectivity index is 2.27. The van der Waals surface area contributed by atoms with Gasteiger partial charge >= 0.3 is 5.97 Å². The Labute approximate surface area is 113 Å². The van der Waals surface area contributed by atoms with Crippen molar-refractivity contribution < 1.29 is 24.1 Å². The van der Waals surface area contributed by atoms with Crippen molar-refractivity contribution in [1.82, 2.24) is 0 Å². The van der Waals surface area contributed by atoms with Crippen LogP contribution in [0, 0.1) is 0 Å². The highest BCUT2D eigenvalue weighted by Gasteiger charge is 2.20. The molecule has 0 fully saturated rings. The number of rotatable bonds is 8. The van der Waals surface area contributed by atoms with Crippen LogP contribution >= 0.6 is 0 Å². The van der Waals surface area contributed by atoms with Crippen LogP contribution in [0.3, 0.4) is 0 Å². The molecule has 1 N–H and O–H groups in total. The van der Waals surface area contributed by atoms with Gasteiger partial charge in [0.05, 0.1) is 32.3 Å². The van der Waals surface area contributed by atoms with Crippen LogP contribution in [0.2, 0.25) is 0 Å². The summed E-state index contributed by atoms with van der Waals surface area (Å²) in [5, 5.41) is 9.48. The predicted octanol–water partition coefficient (Wildman–Crippen LogP) is 1.49. The number of benzene rings is 1. The van der Waals surface area contributed by atoms with Crippen LogP contribution in [0.5, 0.6) is 0 Å². The second-order valence-corrected chi connectivity index (χ2v) is 4.18. The summed E-state index contributed by atoms with van der Waals surface area (Å²) in [5.74, 6) is -0.422. The third kappa shape index (κ3) is 6.33. The van der Waals surface area contributed by atoms with Crippen molar-refractivity contribution in [2.24, 2.45) is 0 Å². The molecule has 106 valence electrons. The second kappa shape index (κ2) is 8.63. The summed E-state index contributed by atoms with van der Waals surface area (Å²) in [6, 6.07) is 9.67. The molecule has 0 aliphatic heterocycles. The van der Waals surface area contributed by atoms with E-state index < -0.39 is 18.2 Å². The molecular weight excluding hydrogens is 248 g/mol. The minimum Gasteiger partial charge on any atom is -0.469 e. The molecule has 0 aromatic heterocycles. The Hall–Kier alpha value is -1.43. The maximum absolute atomic E-state index is 11.1. The lowest BCUT2D eigenvalue weighted by Gasteiger charge is -2.19. The molecular formula is C14H20O5. The minimum absolute atomic E-state index is 0.00284. The molecule has 0 aliphatic rings. The first-order valence-electron chi connectivity index (χ1n) is 6.11. The number of carbonyl (C=O) groups excluding carboxylic acids is 1. The van der Waals surface area contributed by atoms with Crippen molar-refractivity contribution in [2.45, 2.75) is 32.2 Å². The fraction of sp³-hybridized carbons (Fsp3) is 0.500. The van der Waals surface area contributed by atoms with Crippen LogP contribution in [-0.4, -0.2) is 37.2 Å². The summed E-state index contributed by atoms with van der Waals surface area (Å²) in [4.78, 5) is 11.1. The van der Waals surface area contributed by atoms with Crippen LogP contribution in [-0.2, 0) is 25.6 Å². The Morgan fingerprint density at radius 1 is 1.32 bits per heavy atom. The van der Waals surface area contributed by atoms with Gasteiger partial charge in [0.25, 0.3) is 0 Å². The van der Waals surface area contributed by atoms with Gasteiger partial charge in [0.1, 0.15) is 6.79 Å². The number of hydrogen-bond donors (Lipinski definition) is 1. The van der Waals surface area contributed by atoms with Crippen LogP contribution in [0.25, 0.3) is 0 Å². The van der Waals surface area contributed by atoms with Crippen molar-refractivity contribution in [3.63, 3.8) is 0 Å². The highest BCUT2D eigenvalue weighted by atomic mass is 16.7. The molecule has 1 aromatic rings. The van der Waals surface area contributed by atoms with Crippen molar-refractivity contribution in [3.8, 4) is 0 Å².